The van der Waals surface area contributed by atoms with Crippen molar-refractivity contribution in [2.75, 3.05) is 31.9 Å². The van der Waals surface area contributed by atoms with Crippen molar-refractivity contribution in [3.05, 3.63) is 53.7 Å². The summed E-state index contributed by atoms with van der Waals surface area (Å²) >= 11 is 0. The Kier molecular flexibility index (Phi) is 7.21. The molecule has 170 valence electrons. The third-order valence-corrected chi connectivity index (χ3v) is 4.94. The number of amides is 1. The van der Waals surface area contributed by atoms with Crippen molar-refractivity contribution >= 4 is 24.3 Å². The molecule has 3 aromatic rings. The largest absolute Gasteiger partial charge is 0.479 e. The lowest BCUT2D eigenvalue weighted by Gasteiger charge is -2.26. The topological polar surface area (TPSA) is 98.5 Å². The van der Waals surface area contributed by atoms with Crippen molar-refractivity contribution in [2.24, 2.45) is 0 Å². The zero-order valence-electron chi connectivity index (χ0n) is 17.8. The van der Waals surface area contributed by atoms with Gasteiger partial charge in [0, 0.05) is 6.54 Å². The second-order valence-corrected chi connectivity index (χ2v) is 7.11. The van der Waals surface area contributed by atoms with Gasteiger partial charge >= 0.3 is 0 Å². The summed E-state index contributed by atoms with van der Waals surface area (Å²) in [7, 11) is 1.33. The van der Waals surface area contributed by atoms with E-state index in [0.717, 1.165) is 11.8 Å². The molecule has 0 bridgehead atoms. The van der Waals surface area contributed by atoms with Gasteiger partial charge in [0.15, 0.2) is 0 Å². The zero-order chi connectivity index (χ0) is 22.0. The molecule has 3 heterocycles. The fourth-order valence-electron chi connectivity index (χ4n) is 3.33. The number of anilines is 1. The van der Waals surface area contributed by atoms with Crippen LogP contribution in [0.25, 0.3) is 5.69 Å². The molecule has 1 aromatic carbocycles. The Morgan fingerprint density at radius 2 is 2.00 bits per heavy atom. The van der Waals surface area contributed by atoms with E-state index in [1.54, 1.807) is 17.3 Å². The highest BCUT2D eigenvalue weighted by Crippen LogP contribution is 2.22. The summed E-state index contributed by atoms with van der Waals surface area (Å²) in [6.45, 7) is 4.69. The van der Waals surface area contributed by atoms with E-state index in [2.05, 4.69) is 20.2 Å². The molecule has 0 spiro atoms. The number of carbonyl (C=O) groups excluding carboxylic acids is 1. The average Bonchev–Trinajstić information content (AvgIpc) is 3.23. The zero-order valence-corrected chi connectivity index (χ0v) is 18.6. The summed E-state index contributed by atoms with van der Waals surface area (Å²) in [4.78, 5) is 30.5. The lowest BCUT2D eigenvalue weighted by molar-refractivity contribution is 0.0596. The molecule has 0 unspecified atom stereocenters. The van der Waals surface area contributed by atoms with Crippen molar-refractivity contribution in [3.63, 3.8) is 0 Å². The van der Waals surface area contributed by atoms with Gasteiger partial charge < -0.3 is 9.64 Å². The number of aryl methyl sites for hydroxylation is 1. The van der Waals surface area contributed by atoms with Crippen LogP contribution in [-0.2, 0) is 4.84 Å². The van der Waals surface area contributed by atoms with E-state index in [0.29, 0.717) is 24.3 Å². The normalized spacial score (nSPS) is 16.3. The van der Waals surface area contributed by atoms with Crippen molar-refractivity contribution in [1.82, 2.24) is 29.9 Å². The van der Waals surface area contributed by atoms with Gasteiger partial charge in [0.05, 0.1) is 56.1 Å². The van der Waals surface area contributed by atoms with Crippen LogP contribution in [0.15, 0.2) is 36.8 Å². The molecule has 1 saturated heterocycles. The molecule has 1 aliphatic heterocycles. The number of aromatic nitrogens is 5. The Hall–Kier alpha value is -3.31. The Balaban J connectivity index is 0.00000289. The lowest BCUT2D eigenvalue weighted by Crippen LogP contribution is -2.41. The first kappa shape index (κ1) is 23.4. The van der Waals surface area contributed by atoms with Gasteiger partial charge in [0.1, 0.15) is 0 Å². The maximum Gasteiger partial charge on any atom is 0.256 e. The summed E-state index contributed by atoms with van der Waals surface area (Å²) in [5.41, 5.74) is 2.05. The average molecular weight is 464 g/mol. The molecule has 1 atom stereocenters. The van der Waals surface area contributed by atoms with Gasteiger partial charge in [-0.05, 0) is 26.0 Å². The van der Waals surface area contributed by atoms with Crippen LogP contribution in [-0.4, -0.2) is 68.6 Å². The summed E-state index contributed by atoms with van der Waals surface area (Å²) in [5.74, 6) is -0.830. The highest BCUT2D eigenvalue weighted by Gasteiger charge is 2.29. The molecular formula is C20H23ClFN7O3. The maximum atomic E-state index is 13.6. The van der Waals surface area contributed by atoms with Crippen LogP contribution in [0.1, 0.15) is 22.8 Å². The molecule has 0 aliphatic carbocycles. The van der Waals surface area contributed by atoms with Crippen LogP contribution in [0, 0.1) is 12.7 Å². The van der Waals surface area contributed by atoms with E-state index < -0.39 is 5.82 Å². The van der Waals surface area contributed by atoms with Gasteiger partial charge in [-0.25, -0.2) is 10.0 Å². The van der Waals surface area contributed by atoms with Crippen LogP contribution in [0.2, 0.25) is 0 Å². The molecule has 12 heteroatoms. The third-order valence-electron chi connectivity index (χ3n) is 4.94. The third kappa shape index (κ3) is 4.63. The molecule has 2 aromatic heterocycles. The smallest absolute Gasteiger partial charge is 0.256 e. The van der Waals surface area contributed by atoms with Crippen molar-refractivity contribution < 1.29 is 18.8 Å². The van der Waals surface area contributed by atoms with E-state index in [4.69, 9.17) is 9.57 Å². The Morgan fingerprint density at radius 3 is 2.72 bits per heavy atom. The molecule has 1 fully saturated rings. The van der Waals surface area contributed by atoms with E-state index >= 15 is 0 Å². The predicted octanol–water partition coefficient (Wildman–Crippen LogP) is 2.22. The number of methoxy groups -OCH3 is 1. The minimum absolute atomic E-state index is 0. The Morgan fingerprint density at radius 1 is 1.25 bits per heavy atom. The minimum Gasteiger partial charge on any atom is -0.479 e. The highest BCUT2D eigenvalue weighted by atomic mass is 35.5. The first-order chi connectivity index (χ1) is 15.0. The van der Waals surface area contributed by atoms with Crippen LogP contribution in [0.5, 0.6) is 5.88 Å². The maximum absolute atomic E-state index is 13.6. The number of hydroxylamine groups is 1. The first-order valence-corrected chi connectivity index (χ1v) is 9.73. The van der Waals surface area contributed by atoms with E-state index in [-0.39, 0.29) is 42.8 Å². The number of hydrogen-bond acceptors (Lipinski definition) is 8. The number of hydrogen-bond donors (Lipinski definition) is 0. The van der Waals surface area contributed by atoms with Gasteiger partial charge in [-0.15, -0.1) is 12.4 Å². The quantitative estimate of drug-likeness (QED) is 0.581. The predicted molar refractivity (Wildman–Crippen MR) is 116 cm³/mol. The van der Waals surface area contributed by atoms with Gasteiger partial charge in [0.2, 0.25) is 5.82 Å². The lowest BCUT2D eigenvalue weighted by atomic mass is 10.1. The molecule has 0 saturated carbocycles. The van der Waals surface area contributed by atoms with Crippen LogP contribution >= 0.6 is 12.4 Å². The number of rotatable bonds is 4. The second-order valence-electron chi connectivity index (χ2n) is 7.11. The number of nitrogens with zero attached hydrogens (tertiary/aromatic N) is 7. The summed E-state index contributed by atoms with van der Waals surface area (Å²) in [6.07, 6.45) is 4.15. The molecule has 4 rings (SSSR count). The number of ether oxygens (including phenoxy) is 1. The number of carbonyl (C=O) groups is 1. The Labute approximate surface area is 190 Å². The van der Waals surface area contributed by atoms with Gasteiger partial charge in [-0.2, -0.15) is 24.4 Å². The Bertz CT molecular complexity index is 1080. The standard InChI is InChI=1S/C20H22FN7O3.ClH/c1-13-4-5-17(28-23-6-7-24-28)15(10-13)19(29)26-8-9-27(31-12-14(26)2)20-22-11-16(21)18(25-20)30-3;/h4-7,10-11,14H,8-9,12H2,1-3H3;1H/t14-;/m1./s1. The van der Waals surface area contributed by atoms with E-state index in [9.17, 15) is 9.18 Å². The summed E-state index contributed by atoms with van der Waals surface area (Å²) < 4.78 is 18.6. The molecule has 32 heavy (non-hydrogen) atoms. The van der Waals surface area contributed by atoms with Gasteiger partial charge in [-0.3, -0.25) is 9.63 Å². The first-order valence-electron chi connectivity index (χ1n) is 9.73. The van der Waals surface area contributed by atoms with Crippen LogP contribution in [0.4, 0.5) is 10.3 Å². The molecule has 10 nitrogen and oxygen atoms in total. The van der Waals surface area contributed by atoms with Gasteiger partial charge in [0.25, 0.3) is 17.7 Å². The van der Waals surface area contributed by atoms with E-state index in [1.165, 1.54) is 17.0 Å². The van der Waals surface area contributed by atoms with Crippen molar-refractivity contribution in [2.45, 2.75) is 19.9 Å². The molecule has 1 aliphatic rings. The van der Waals surface area contributed by atoms with Gasteiger partial charge in [-0.1, -0.05) is 11.6 Å². The fourth-order valence-corrected chi connectivity index (χ4v) is 3.33. The van der Waals surface area contributed by atoms with Crippen molar-refractivity contribution in [3.8, 4) is 11.6 Å². The summed E-state index contributed by atoms with van der Waals surface area (Å²) in [6, 6.07) is 5.34. The summed E-state index contributed by atoms with van der Waals surface area (Å²) in [5, 5.41) is 9.76. The minimum atomic E-state index is -0.662. The van der Waals surface area contributed by atoms with E-state index in [1.807, 2.05) is 32.0 Å². The number of benzene rings is 1. The second kappa shape index (κ2) is 9.88. The fraction of sp³-hybridized carbons (Fsp3) is 0.350. The van der Waals surface area contributed by atoms with Crippen LogP contribution < -0.4 is 9.80 Å². The molecule has 0 radical (unpaired) electrons. The SMILES string of the molecule is COc1nc(N2CCN(C(=O)c3cc(C)ccc3-n3nccn3)[C@H](C)CO2)ncc1F.Cl. The monoisotopic (exact) mass is 463 g/mol. The molecule has 1 amide bonds. The molecular weight excluding hydrogens is 441 g/mol. The van der Waals surface area contributed by atoms with Crippen molar-refractivity contribution in [1.29, 1.82) is 0 Å². The highest BCUT2D eigenvalue weighted by molar-refractivity contribution is 5.98. The molecule has 0 N–H and O–H groups in total. The van der Waals surface area contributed by atoms with Crippen LogP contribution in [0.3, 0.4) is 0 Å². The number of halogens is 2.